The van der Waals surface area contributed by atoms with E-state index < -0.39 is 0 Å². The fraction of sp³-hybridized carbons (Fsp3) is 0.536. The number of piperidine rings is 2. The molecule has 0 amide bonds. The van der Waals surface area contributed by atoms with Crippen molar-refractivity contribution in [2.45, 2.75) is 50.1 Å². The topological polar surface area (TPSA) is 57.2 Å². The lowest BCUT2D eigenvalue weighted by Gasteiger charge is -2.65. The first-order valence-corrected chi connectivity index (χ1v) is 12.2. The largest absolute Gasteiger partial charge is 0.493 e. The predicted molar refractivity (Wildman–Crippen MR) is 137 cm³/mol. The molecule has 35 heavy (non-hydrogen) atoms. The molecule has 0 N–H and O–H groups in total. The van der Waals surface area contributed by atoms with E-state index in [1.165, 1.54) is 5.56 Å². The molecule has 2 saturated heterocycles. The van der Waals surface area contributed by atoms with Crippen LogP contribution in [0.5, 0.6) is 17.2 Å². The first kappa shape index (κ1) is 25.6. The van der Waals surface area contributed by atoms with Crippen molar-refractivity contribution in [2.75, 3.05) is 35.0 Å². The number of carbonyl (C=O) groups is 1. The van der Waals surface area contributed by atoms with Crippen molar-refractivity contribution >= 4 is 18.4 Å². The first-order valence-electron chi connectivity index (χ1n) is 12.2. The second-order valence-corrected chi connectivity index (χ2v) is 9.99. The second-order valence-electron chi connectivity index (χ2n) is 9.99. The summed E-state index contributed by atoms with van der Waals surface area (Å²) in [5, 5.41) is 0. The van der Waals surface area contributed by atoms with Crippen LogP contribution in [0, 0.1) is 11.8 Å². The molecule has 4 aliphatic rings. The van der Waals surface area contributed by atoms with Gasteiger partial charge in [-0.15, -0.1) is 12.4 Å². The minimum atomic E-state index is -0.362. The van der Waals surface area contributed by atoms with Crippen molar-refractivity contribution in [3.63, 3.8) is 0 Å². The highest BCUT2D eigenvalue weighted by Gasteiger charge is 2.59. The maximum atomic E-state index is 13.0. The molecule has 190 valence electrons. The molecular weight excluding hydrogens is 466 g/mol. The Morgan fingerprint density at radius 2 is 1.74 bits per heavy atom. The standard InChI is InChI=1S/C28H35NO5.ClH/c1-6-28-15-23-19(11-21(28)22(29(23)2)12-17-9-7-8-10-20(17)28)16-34-27(30)18-13-24(31-3)26(33-5)25(14-18)32-4;/h7-10,13-14,19,21-23H,6,11-12,15-16H2,1-5H3;1H/t19-,21?,22?,23?,28-;/m1./s1. The Labute approximate surface area is 214 Å². The van der Waals surface area contributed by atoms with Gasteiger partial charge in [0.1, 0.15) is 0 Å². The van der Waals surface area contributed by atoms with Crippen LogP contribution in [0.25, 0.3) is 0 Å². The number of hydrogen-bond acceptors (Lipinski definition) is 6. The zero-order valence-corrected chi connectivity index (χ0v) is 22.0. The summed E-state index contributed by atoms with van der Waals surface area (Å²) >= 11 is 0. The number of ether oxygens (including phenoxy) is 4. The minimum absolute atomic E-state index is 0. The van der Waals surface area contributed by atoms with Gasteiger partial charge in [0, 0.05) is 23.4 Å². The highest BCUT2D eigenvalue weighted by molar-refractivity contribution is 5.91. The SMILES string of the molecule is CC[C@]12CC3[C@@H](COC(=O)c4cc(OC)c(OC)c(OC)c4)CC1C(Cc1ccccc12)N3C.Cl. The van der Waals surface area contributed by atoms with Gasteiger partial charge in [0.25, 0.3) is 0 Å². The molecule has 4 bridgehead atoms. The Bertz CT molecular complexity index is 1070. The Kier molecular flexibility index (Phi) is 7.26. The summed E-state index contributed by atoms with van der Waals surface area (Å²) in [5.41, 5.74) is 3.72. The molecule has 3 fully saturated rings. The molecule has 7 heteroatoms. The van der Waals surface area contributed by atoms with E-state index in [1.807, 2.05) is 0 Å². The molecule has 3 unspecified atom stereocenters. The molecule has 0 spiro atoms. The molecule has 6 nitrogen and oxygen atoms in total. The van der Waals surface area contributed by atoms with Gasteiger partial charge >= 0.3 is 5.97 Å². The van der Waals surface area contributed by atoms with Gasteiger partial charge in [-0.05, 0) is 61.9 Å². The van der Waals surface area contributed by atoms with E-state index in [2.05, 4.69) is 43.1 Å². The van der Waals surface area contributed by atoms with E-state index in [1.54, 1.807) is 39.0 Å². The maximum Gasteiger partial charge on any atom is 0.338 e. The fourth-order valence-electron chi connectivity index (χ4n) is 7.18. The third-order valence-electron chi connectivity index (χ3n) is 8.84. The smallest absolute Gasteiger partial charge is 0.338 e. The van der Waals surface area contributed by atoms with Crippen molar-refractivity contribution in [3.05, 3.63) is 53.1 Å². The predicted octanol–water partition coefficient (Wildman–Crippen LogP) is 4.90. The van der Waals surface area contributed by atoms with Crippen molar-refractivity contribution in [1.82, 2.24) is 4.90 Å². The van der Waals surface area contributed by atoms with E-state index in [0.29, 0.717) is 53.3 Å². The van der Waals surface area contributed by atoms with E-state index >= 15 is 0 Å². The number of fused-ring (bicyclic) bond motifs is 2. The van der Waals surface area contributed by atoms with Crippen LogP contribution >= 0.6 is 12.4 Å². The van der Waals surface area contributed by atoms with Gasteiger partial charge in [-0.25, -0.2) is 4.79 Å². The first-order chi connectivity index (χ1) is 16.5. The summed E-state index contributed by atoms with van der Waals surface area (Å²) in [5.74, 6) is 1.92. The lowest BCUT2D eigenvalue weighted by Crippen LogP contribution is -2.68. The Hall–Kier alpha value is -2.44. The van der Waals surface area contributed by atoms with Crippen LogP contribution in [0.3, 0.4) is 0 Å². The third-order valence-corrected chi connectivity index (χ3v) is 8.84. The quantitative estimate of drug-likeness (QED) is 0.503. The highest BCUT2D eigenvalue weighted by Crippen LogP contribution is 2.59. The maximum absolute atomic E-state index is 13.0. The van der Waals surface area contributed by atoms with Crippen LogP contribution in [0.1, 0.15) is 47.7 Å². The van der Waals surface area contributed by atoms with E-state index in [4.69, 9.17) is 18.9 Å². The van der Waals surface area contributed by atoms with Crippen LogP contribution in [-0.4, -0.2) is 57.9 Å². The van der Waals surface area contributed by atoms with Crippen LogP contribution in [0.15, 0.2) is 36.4 Å². The molecule has 5 atom stereocenters. The van der Waals surface area contributed by atoms with Crippen molar-refractivity contribution < 1.29 is 23.7 Å². The lowest BCUT2D eigenvalue weighted by atomic mass is 9.48. The van der Waals surface area contributed by atoms with E-state index in [9.17, 15) is 4.79 Å². The summed E-state index contributed by atoms with van der Waals surface area (Å²) in [4.78, 5) is 15.6. The number of carbonyl (C=O) groups excluding carboxylic acids is 1. The van der Waals surface area contributed by atoms with Gasteiger partial charge in [-0.2, -0.15) is 0 Å². The molecule has 2 heterocycles. The van der Waals surface area contributed by atoms with Crippen molar-refractivity contribution in [3.8, 4) is 17.2 Å². The molecular formula is C28H36ClNO5. The van der Waals surface area contributed by atoms with Gasteiger partial charge in [0.2, 0.25) is 5.75 Å². The van der Waals surface area contributed by atoms with Crippen LogP contribution < -0.4 is 14.2 Å². The van der Waals surface area contributed by atoms with Gasteiger partial charge in [-0.3, -0.25) is 4.90 Å². The lowest BCUT2D eigenvalue weighted by molar-refractivity contribution is -0.107. The zero-order chi connectivity index (χ0) is 24.0. The average molecular weight is 502 g/mol. The number of likely N-dealkylation sites (N-methyl/N-ethyl adjacent to an activating group) is 1. The number of halogens is 1. The number of nitrogens with zero attached hydrogens (tertiary/aromatic N) is 1. The average Bonchev–Trinajstić information content (AvgIpc) is 2.88. The van der Waals surface area contributed by atoms with Gasteiger partial charge in [0.05, 0.1) is 33.5 Å². The second kappa shape index (κ2) is 9.90. The van der Waals surface area contributed by atoms with Crippen molar-refractivity contribution in [2.24, 2.45) is 11.8 Å². The molecule has 0 radical (unpaired) electrons. The summed E-state index contributed by atoms with van der Waals surface area (Å²) in [6.07, 6.45) is 4.51. The van der Waals surface area contributed by atoms with Crippen molar-refractivity contribution in [1.29, 1.82) is 0 Å². The molecule has 2 aromatic carbocycles. The number of methoxy groups -OCH3 is 3. The normalized spacial score (nSPS) is 28.5. The zero-order valence-electron chi connectivity index (χ0n) is 21.2. The summed E-state index contributed by atoms with van der Waals surface area (Å²) < 4.78 is 22.0. The number of hydrogen-bond donors (Lipinski definition) is 0. The van der Waals surface area contributed by atoms with Gasteiger partial charge < -0.3 is 18.9 Å². The van der Waals surface area contributed by atoms with Gasteiger partial charge in [-0.1, -0.05) is 31.2 Å². The summed E-state index contributed by atoms with van der Waals surface area (Å²) in [7, 11) is 6.89. The van der Waals surface area contributed by atoms with Crippen LogP contribution in [-0.2, 0) is 16.6 Å². The number of rotatable bonds is 7. The monoisotopic (exact) mass is 501 g/mol. The molecule has 1 saturated carbocycles. The summed E-state index contributed by atoms with van der Waals surface area (Å²) in [6.45, 7) is 2.77. The van der Waals surface area contributed by atoms with E-state index in [-0.39, 0.29) is 23.8 Å². The fourth-order valence-corrected chi connectivity index (χ4v) is 7.18. The number of benzene rings is 2. The van der Waals surface area contributed by atoms with Crippen LogP contribution in [0.4, 0.5) is 0 Å². The Balaban J connectivity index is 0.00000289. The third kappa shape index (κ3) is 3.95. The van der Waals surface area contributed by atoms with Crippen LogP contribution in [0.2, 0.25) is 0 Å². The number of esters is 1. The molecule has 6 rings (SSSR count). The summed E-state index contributed by atoms with van der Waals surface area (Å²) in [6, 6.07) is 13.3. The Morgan fingerprint density at radius 1 is 1.06 bits per heavy atom. The Morgan fingerprint density at radius 3 is 2.37 bits per heavy atom. The van der Waals surface area contributed by atoms with E-state index in [0.717, 1.165) is 25.7 Å². The minimum Gasteiger partial charge on any atom is -0.493 e. The molecule has 0 aromatic heterocycles. The molecule has 2 aromatic rings. The van der Waals surface area contributed by atoms with Gasteiger partial charge in [0.15, 0.2) is 11.5 Å². The molecule has 2 aliphatic heterocycles. The molecule has 2 aliphatic carbocycles. The highest BCUT2D eigenvalue weighted by atomic mass is 35.5.